The molecule has 0 aliphatic heterocycles. The molecule has 0 bridgehead atoms. The van der Waals surface area contributed by atoms with E-state index in [1.807, 2.05) is 29.9 Å². The number of carbonyl (C=O) groups is 1. The normalized spacial score (nSPS) is 10.7. The van der Waals surface area contributed by atoms with Crippen LogP contribution in [-0.4, -0.2) is 15.6 Å². The number of nitrogens with zero attached hydrogens (tertiary/aromatic N) is 1. The van der Waals surface area contributed by atoms with E-state index < -0.39 is 5.97 Å². The van der Waals surface area contributed by atoms with Gasteiger partial charge in [-0.2, -0.15) is 0 Å². The second-order valence-corrected chi connectivity index (χ2v) is 3.98. The van der Waals surface area contributed by atoms with Gasteiger partial charge in [0.1, 0.15) is 0 Å². The molecule has 3 nitrogen and oxygen atoms in total. The van der Waals surface area contributed by atoms with E-state index in [0.29, 0.717) is 10.0 Å². The quantitative estimate of drug-likeness (QED) is 0.849. The predicted molar refractivity (Wildman–Crippen MR) is 57.6 cm³/mol. The fourth-order valence-corrected chi connectivity index (χ4v) is 1.98. The molecule has 72 valence electrons. The molecular formula is C10H8BrNO2. The van der Waals surface area contributed by atoms with E-state index in [9.17, 15) is 4.79 Å². The van der Waals surface area contributed by atoms with Gasteiger partial charge in [0.2, 0.25) is 0 Å². The summed E-state index contributed by atoms with van der Waals surface area (Å²) in [5, 5.41) is 9.95. The van der Waals surface area contributed by atoms with Crippen LogP contribution in [0.25, 0.3) is 10.9 Å². The summed E-state index contributed by atoms with van der Waals surface area (Å²) < 4.78 is 2.51. The van der Waals surface area contributed by atoms with E-state index in [1.165, 1.54) is 0 Å². The molecular weight excluding hydrogens is 246 g/mol. The number of hydrogen-bond donors (Lipinski definition) is 1. The van der Waals surface area contributed by atoms with Gasteiger partial charge in [-0.05, 0) is 34.1 Å². The molecule has 1 heterocycles. The van der Waals surface area contributed by atoms with Crippen molar-refractivity contribution in [2.75, 3.05) is 0 Å². The maximum absolute atomic E-state index is 10.9. The summed E-state index contributed by atoms with van der Waals surface area (Å²) in [6.45, 7) is 0. The summed E-state index contributed by atoms with van der Waals surface area (Å²) in [5.41, 5.74) is 1.21. The maximum Gasteiger partial charge on any atom is 0.336 e. The Balaban J connectivity index is 2.80. The highest BCUT2D eigenvalue weighted by Gasteiger charge is 2.10. The van der Waals surface area contributed by atoms with Crippen LogP contribution in [0.2, 0.25) is 0 Å². The number of carboxylic acids is 1. The van der Waals surface area contributed by atoms with Crippen LogP contribution in [0.15, 0.2) is 28.9 Å². The summed E-state index contributed by atoms with van der Waals surface area (Å²) in [5.74, 6) is -0.917. The zero-order chi connectivity index (χ0) is 10.3. The monoisotopic (exact) mass is 253 g/mol. The number of benzene rings is 1. The number of aromatic carboxylic acids is 1. The first-order valence-corrected chi connectivity index (χ1v) is 4.87. The van der Waals surface area contributed by atoms with Gasteiger partial charge in [0.05, 0.1) is 5.56 Å². The molecule has 2 aromatic rings. The Bertz CT molecular complexity index is 516. The molecule has 0 atom stereocenters. The molecule has 0 saturated carbocycles. The summed E-state index contributed by atoms with van der Waals surface area (Å²) in [6.07, 6.45) is 1.91. The van der Waals surface area contributed by atoms with Crippen LogP contribution in [0.5, 0.6) is 0 Å². The number of fused-ring (bicyclic) bond motifs is 1. The van der Waals surface area contributed by atoms with Crippen molar-refractivity contribution in [1.82, 2.24) is 4.57 Å². The highest BCUT2D eigenvalue weighted by molar-refractivity contribution is 9.10. The first-order valence-electron chi connectivity index (χ1n) is 4.07. The highest BCUT2D eigenvalue weighted by Crippen LogP contribution is 2.24. The topological polar surface area (TPSA) is 42.2 Å². The molecule has 0 saturated heterocycles. The van der Waals surface area contributed by atoms with E-state index in [-0.39, 0.29) is 0 Å². The van der Waals surface area contributed by atoms with E-state index >= 15 is 0 Å². The fraction of sp³-hybridized carbons (Fsp3) is 0.100. The molecule has 4 heteroatoms. The van der Waals surface area contributed by atoms with Gasteiger partial charge in [-0.15, -0.1) is 0 Å². The van der Waals surface area contributed by atoms with Crippen LogP contribution in [0.1, 0.15) is 10.4 Å². The lowest BCUT2D eigenvalue weighted by atomic mass is 10.2. The predicted octanol–water partition coefficient (Wildman–Crippen LogP) is 2.64. The Kier molecular flexibility index (Phi) is 2.07. The molecule has 0 radical (unpaired) electrons. The molecule has 1 aromatic heterocycles. The smallest absolute Gasteiger partial charge is 0.336 e. The van der Waals surface area contributed by atoms with E-state index in [4.69, 9.17) is 5.11 Å². The molecule has 0 spiro atoms. The van der Waals surface area contributed by atoms with Crippen LogP contribution in [0.3, 0.4) is 0 Å². The van der Waals surface area contributed by atoms with E-state index in [2.05, 4.69) is 15.9 Å². The Morgan fingerprint density at radius 2 is 2.21 bits per heavy atom. The van der Waals surface area contributed by atoms with Crippen LogP contribution in [-0.2, 0) is 7.05 Å². The van der Waals surface area contributed by atoms with Crippen molar-refractivity contribution in [3.05, 3.63) is 34.4 Å². The lowest BCUT2D eigenvalue weighted by molar-refractivity contribution is 0.0696. The van der Waals surface area contributed by atoms with Gasteiger partial charge in [-0.25, -0.2) is 4.79 Å². The Morgan fingerprint density at radius 3 is 2.86 bits per heavy atom. The highest BCUT2D eigenvalue weighted by atomic mass is 79.9. The summed E-state index contributed by atoms with van der Waals surface area (Å²) in [7, 11) is 1.89. The average molecular weight is 254 g/mol. The number of hydrogen-bond acceptors (Lipinski definition) is 1. The SMILES string of the molecule is Cn1ccc2cc(Br)c(C(=O)O)cc21. The maximum atomic E-state index is 10.9. The second-order valence-electron chi connectivity index (χ2n) is 3.12. The zero-order valence-corrected chi connectivity index (χ0v) is 9.08. The first kappa shape index (κ1) is 9.27. The first-order chi connectivity index (χ1) is 6.59. The summed E-state index contributed by atoms with van der Waals surface area (Å²) >= 11 is 3.24. The Morgan fingerprint density at radius 1 is 1.50 bits per heavy atom. The molecule has 1 aromatic carbocycles. The lowest BCUT2D eigenvalue weighted by Gasteiger charge is -2.01. The summed E-state index contributed by atoms with van der Waals surface area (Å²) in [6, 6.07) is 5.44. The van der Waals surface area contributed by atoms with Gasteiger partial charge in [0, 0.05) is 28.6 Å². The molecule has 0 unspecified atom stereocenters. The second kappa shape index (κ2) is 3.13. The third kappa shape index (κ3) is 1.32. The largest absolute Gasteiger partial charge is 0.478 e. The molecule has 0 aliphatic rings. The fourth-order valence-electron chi connectivity index (χ4n) is 1.45. The molecule has 0 fully saturated rings. The van der Waals surface area contributed by atoms with Gasteiger partial charge in [-0.1, -0.05) is 0 Å². The van der Waals surface area contributed by atoms with Crippen molar-refractivity contribution in [3.63, 3.8) is 0 Å². The molecule has 14 heavy (non-hydrogen) atoms. The minimum absolute atomic E-state index is 0.291. The zero-order valence-electron chi connectivity index (χ0n) is 7.49. The standard InChI is InChI=1S/C10H8BrNO2/c1-12-3-2-6-4-8(11)7(10(13)14)5-9(6)12/h2-5H,1H3,(H,13,14). The minimum Gasteiger partial charge on any atom is -0.478 e. The number of halogens is 1. The molecule has 2 rings (SSSR count). The van der Waals surface area contributed by atoms with Crippen molar-refractivity contribution >= 4 is 32.8 Å². The number of carboxylic acid groups (broad SMARTS) is 1. The van der Waals surface area contributed by atoms with E-state index in [1.54, 1.807) is 6.07 Å². The van der Waals surface area contributed by atoms with Gasteiger partial charge in [0.25, 0.3) is 0 Å². The third-order valence-corrected chi connectivity index (χ3v) is 2.86. The van der Waals surface area contributed by atoms with Gasteiger partial charge < -0.3 is 9.67 Å². The van der Waals surface area contributed by atoms with Crippen LogP contribution >= 0.6 is 15.9 Å². The van der Waals surface area contributed by atoms with Crippen molar-refractivity contribution < 1.29 is 9.90 Å². The van der Waals surface area contributed by atoms with Crippen molar-refractivity contribution in [1.29, 1.82) is 0 Å². The summed E-state index contributed by atoms with van der Waals surface area (Å²) in [4.78, 5) is 10.9. The van der Waals surface area contributed by atoms with Gasteiger partial charge in [-0.3, -0.25) is 0 Å². The molecule has 1 N–H and O–H groups in total. The molecule has 0 aliphatic carbocycles. The molecule has 0 amide bonds. The van der Waals surface area contributed by atoms with Crippen LogP contribution < -0.4 is 0 Å². The van der Waals surface area contributed by atoms with Crippen LogP contribution in [0.4, 0.5) is 0 Å². The van der Waals surface area contributed by atoms with Crippen molar-refractivity contribution in [3.8, 4) is 0 Å². The average Bonchev–Trinajstić information content (AvgIpc) is 2.46. The lowest BCUT2D eigenvalue weighted by Crippen LogP contribution is -1.98. The van der Waals surface area contributed by atoms with E-state index in [0.717, 1.165) is 10.9 Å². The minimum atomic E-state index is -0.917. The van der Waals surface area contributed by atoms with Gasteiger partial charge in [0.15, 0.2) is 0 Å². The Labute approximate surface area is 89.1 Å². The van der Waals surface area contributed by atoms with Crippen molar-refractivity contribution in [2.24, 2.45) is 7.05 Å². The number of rotatable bonds is 1. The van der Waals surface area contributed by atoms with Crippen LogP contribution in [0, 0.1) is 0 Å². The third-order valence-electron chi connectivity index (χ3n) is 2.20. The van der Waals surface area contributed by atoms with Gasteiger partial charge >= 0.3 is 5.97 Å². The Hall–Kier alpha value is -1.29. The van der Waals surface area contributed by atoms with Crippen molar-refractivity contribution in [2.45, 2.75) is 0 Å². The number of aromatic nitrogens is 1. The number of aryl methyl sites for hydroxylation is 1.